The highest BCUT2D eigenvalue weighted by Gasteiger charge is 2.43. The van der Waals surface area contributed by atoms with E-state index in [1.54, 1.807) is 5.57 Å². The Labute approximate surface area is 74.5 Å². The molecule has 12 heavy (non-hydrogen) atoms. The second-order valence-electron chi connectivity index (χ2n) is 4.03. The summed E-state index contributed by atoms with van der Waals surface area (Å²) >= 11 is 0. The van der Waals surface area contributed by atoms with Crippen LogP contribution in [0.2, 0.25) is 0 Å². The first-order valence-corrected chi connectivity index (χ1v) is 4.86. The highest BCUT2D eigenvalue weighted by Crippen LogP contribution is 2.50. The number of hydrogen-bond donors (Lipinski definition) is 1. The number of hydrogen-bond acceptors (Lipinski definition) is 1. The van der Waals surface area contributed by atoms with Crippen LogP contribution in [0.4, 0.5) is 0 Å². The van der Waals surface area contributed by atoms with E-state index < -0.39 is 0 Å². The third-order valence-corrected chi connectivity index (χ3v) is 3.31. The van der Waals surface area contributed by atoms with E-state index >= 15 is 0 Å². The molecule has 0 radical (unpaired) electrons. The molecule has 1 nitrogen and oxygen atoms in total. The van der Waals surface area contributed by atoms with Gasteiger partial charge in [-0.05, 0) is 32.3 Å². The van der Waals surface area contributed by atoms with Crippen LogP contribution in [0.5, 0.6) is 0 Å². The van der Waals surface area contributed by atoms with E-state index in [0.29, 0.717) is 5.41 Å². The molecule has 1 heteroatoms. The van der Waals surface area contributed by atoms with Crippen molar-refractivity contribution in [3.05, 3.63) is 23.4 Å². The minimum absolute atomic E-state index is 0.538. The van der Waals surface area contributed by atoms with Crippen molar-refractivity contribution in [1.29, 1.82) is 0 Å². The number of allylic oxidation sites excluding steroid dienone is 3. The standard InChI is InChI=1S/C11H17N/c1-3-5-10-9(2)12-8-11(10)6-4-7-11/h3,5,12H,4,6-8H2,1-2H3/b5-3-. The molecule has 1 heterocycles. The Kier molecular flexibility index (Phi) is 1.75. The molecular formula is C11H17N. The topological polar surface area (TPSA) is 12.0 Å². The van der Waals surface area contributed by atoms with Crippen LogP contribution >= 0.6 is 0 Å². The molecule has 0 unspecified atom stereocenters. The summed E-state index contributed by atoms with van der Waals surface area (Å²) in [4.78, 5) is 0. The average molecular weight is 163 g/mol. The molecule has 1 fully saturated rings. The van der Waals surface area contributed by atoms with Gasteiger partial charge in [0.1, 0.15) is 0 Å². The van der Waals surface area contributed by atoms with Gasteiger partial charge in [0.05, 0.1) is 0 Å². The molecule has 0 aromatic heterocycles. The van der Waals surface area contributed by atoms with Crippen molar-refractivity contribution in [2.75, 3.05) is 6.54 Å². The Morgan fingerprint density at radius 3 is 2.67 bits per heavy atom. The first-order chi connectivity index (χ1) is 5.78. The van der Waals surface area contributed by atoms with Gasteiger partial charge >= 0.3 is 0 Å². The van der Waals surface area contributed by atoms with E-state index in [1.165, 1.54) is 31.5 Å². The zero-order chi connectivity index (χ0) is 8.60. The molecule has 1 spiro atoms. The first kappa shape index (κ1) is 7.90. The molecule has 0 aromatic carbocycles. The summed E-state index contributed by atoms with van der Waals surface area (Å²) < 4.78 is 0. The average Bonchev–Trinajstić information content (AvgIpc) is 2.29. The third-order valence-electron chi connectivity index (χ3n) is 3.31. The lowest BCUT2D eigenvalue weighted by Gasteiger charge is -2.39. The molecule has 2 aliphatic rings. The maximum Gasteiger partial charge on any atom is 0.0241 e. The number of rotatable bonds is 1. The van der Waals surface area contributed by atoms with E-state index in [1.807, 2.05) is 0 Å². The summed E-state index contributed by atoms with van der Waals surface area (Å²) in [6, 6.07) is 0. The van der Waals surface area contributed by atoms with E-state index in [0.717, 1.165) is 0 Å². The van der Waals surface area contributed by atoms with E-state index in [2.05, 4.69) is 31.3 Å². The molecule has 1 aliphatic heterocycles. The maximum absolute atomic E-state index is 3.48. The van der Waals surface area contributed by atoms with Crippen LogP contribution in [0.1, 0.15) is 33.1 Å². The fraction of sp³-hybridized carbons (Fsp3) is 0.636. The van der Waals surface area contributed by atoms with Crippen LogP contribution in [0, 0.1) is 5.41 Å². The molecule has 2 rings (SSSR count). The molecule has 1 N–H and O–H groups in total. The summed E-state index contributed by atoms with van der Waals surface area (Å²) in [5.74, 6) is 0. The van der Waals surface area contributed by atoms with Gasteiger partial charge in [0.25, 0.3) is 0 Å². The molecule has 0 bridgehead atoms. The molecule has 0 saturated heterocycles. The molecule has 1 saturated carbocycles. The molecule has 66 valence electrons. The predicted octanol–water partition coefficient (Wildman–Crippen LogP) is 2.61. The maximum atomic E-state index is 3.48. The lowest BCUT2D eigenvalue weighted by atomic mass is 9.65. The Balaban J connectivity index is 2.28. The van der Waals surface area contributed by atoms with E-state index in [-0.39, 0.29) is 0 Å². The van der Waals surface area contributed by atoms with Crippen LogP contribution in [0.25, 0.3) is 0 Å². The van der Waals surface area contributed by atoms with Gasteiger partial charge in [-0.15, -0.1) is 0 Å². The zero-order valence-electron chi connectivity index (χ0n) is 7.98. The summed E-state index contributed by atoms with van der Waals surface area (Å²) in [7, 11) is 0. The van der Waals surface area contributed by atoms with Crippen molar-refractivity contribution < 1.29 is 0 Å². The van der Waals surface area contributed by atoms with Gasteiger partial charge in [0, 0.05) is 17.7 Å². The highest BCUT2D eigenvalue weighted by atomic mass is 14.9. The van der Waals surface area contributed by atoms with Crippen LogP contribution in [-0.4, -0.2) is 6.54 Å². The van der Waals surface area contributed by atoms with Crippen molar-refractivity contribution in [2.24, 2.45) is 5.41 Å². The fourth-order valence-electron chi connectivity index (χ4n) is 2.41. The fourth-order valence-corrected chi connectivity index (χ4v) is 2.41. The van der Waals surface area contributed by atoms with Gasteiger partial charge in [-0.3, -0.25) is 0 Å². The van der Waals surface area contributed by atoms with Gasteiger partial charge in [-0.2, -0.15) is 0 Å². The Bertz CT molecular complexity index is 244. The molecular weight excluding hydrogens is 146 g/mol. The van der Waals surface area contributed by atoms with E-state index in [9.17, 15) is 0 Å². The quantitative estimate of drug-likeness (QED) is 0.626. The van der Waals surface area contributed by atoms with Gasteiger partial charge in [-0.25, -0.2) is 0 Å². The first-order valence-electron chi connectivity index (χ1n) is 4.86. The van der Waals surface area contributed by atoms with Crippen LogP contribution in [0.15, 0.2) is 23.4 Å². The number of nitrogens with one attached hydrogen (secondary N) is 1. The molecule has 0 amide bonds. The van der Waals surface area contributed by atoms with Crippen LogP contribution < -0.4 is 5.32 Å². The highest BCUT2D eigenvalue weighted by molar-refractivity contribution is 5.37. The van der Waals surface area contributed by atoms with Gasteiger partial charge < -0.3 is 5.32 Å². The van der Waals surface area contributed by atoms with E-state index in [4.69, 9.17) is 0 Å². The summed E-state index contributed by atoms with van der Waals surface area (Å²) in [6.45, 7) is 5.48. The second kappa shape index (κ2) is 2.65. The molecule has 0 atom stereocenters. The smallest absolute Gasteiger partial charge is 0.0241 e. The lowest BCUT2D eigenvalue weighted by molar-refractivity contribution is 0.207. The third kappa shape index (κ3) is 0.921. The monoisotopic (exact) mass is 163 g/mol. The normalized spacial score (nSPS) is 26.5. The SMILES string of the molecule is C/C=C\C1=C(C)NCC12CCC2. The van der Waals surface area contributed by atoms with Crippen LogP contribution in [0.3, 0.4) is 0 Å². The van der Waals surface area contributed by atoms with Gasteiger partial charge in [0.15, 0.2) is 0 Å². The Morgan fingerprint density at radius 2 is 2.17 bits per heavy atom. The minimum atomic E-state index is 0.538. The Hall–Kier alpha value is -0.720. The van der Waals surface area contributed by atoms with Crippen molar-refractivity contribution in [2.45, 2.75) is 33.1 Å². The zero-order valence-corrected chi connectivity index (χ0v) is 7.98. The van der Waals surface area contributed by atoms with Gasteiger partial charge in [-0.1, -0.05) is 18.6 Å². The van der Waals surface area contributed by atoms with Crippen molar-refractivity contribution in [1.82, 2.24) is 5.32 Å². The molecule has 0 aromatic rings. The minimum Gasteiger partial charge on any atom is -0.387 e. The van der Waals surface area contributed by atoms with Crippen molar-refractivity contribution in [3.63, 3.8) is 0 Å². The lowest BCUT2D eigenvalue weighted by Crippen LogP contribution is -2.34. The molecule has 1 aliphatic carbocycles. The Morgan fingerprint density at radius 1 is 1.42 bits per heavy atom. The summed E-state index contributed by atoms with van der Waals surface area (Å²) in [6.07, 6.45) is 8.63. The largest absolute Gasteiger partial charge is 0.387 e. The second-order valence-corrected chi connectivity index (χ2v) is 4.03. The summed E-state index contributed by atoms with van der Waals surface area (Å²) in [5, 5.41) is 3.48. The van der Waals surface area contributed by atoms with Crippen LogP contribution in [-0.2, 0) is 0 Å². The van der Waals surface area contributed by atoms with Crippen molar-refractivity contribution in [3.8, 4) is 0 Å². The van der Waals surface area contributed by atoms with Crippen molar-refractivity contribution >= 4 is 0 Å². The predicted molar refractivity (Wildman–Crippen MR) is 51.8 cm³/mol. The summed E-state index contributed by atoms with van der Waals surface area (Å²) in [5.41, 5.74) is 3.50. The van der Waals surface area contributed by atoms with Gasteiger partial charge in [0.2, 0.25) is 0 Å².